The van der Waals surface area contributed by atoms with Crippen LogP contribution in [0.15, 0.2) is 24.3 Å². The zero-order valence-electron chi connectivity index (χ0n) is 15.7. The van der Waals surface area contributed by atoms with Crippen molar-refractivity contribution in [3.63, 3.8) is 0 Å². The number of ether oxygens (including phenoxy) is 2. The second-order valence-electron chi connectivity index (χ2n) is 7.17. The summed E-state index contributed by atoms with van der Waals surface area (Å²) >= 11 is 0. The Morgan fingerprint density at radius 1 is 1.19 bits per heavy atom. The molecule has 2 aromatic rings. The average molecular weight is 372 g/mol. The molecule has 0 radical (unpaired) electrons. The molecule has 2 fully saturated rings. The van der Waals surface area contributed by atoms with Gasteiger partial charge < -0.3 is 19.4 Å². The van der Waals surface area contributed by atoms with Crippen molar-refractivity contribution in [3.05, 3.63) is 30.1 Å². The first-order chi connectivity index (χ1) is 13.3. The van der Waals surface area contributed by atoms with Crippen molar-refractivity contribution in [1.82, 2.24) is 19.8 Å². The molecule has 146 valence electrons. The molecule has 4 rings (SSSR count). The Hall–Kier alpha value is -1.96. The molecule has 2 aliphatic heterocycles. The number of carbonyl (C=O) groups is 1. The second kappa shape index (κ2) is 8.82. The number of para-hydroxylation sites is 2. The van der Waals surface area contributed by atoms with Crippen molar-refractivity contribution in [1.29, 1.82) is 0 Å². The number of hydrogen-bond donors (Lipinski definition) is 1. The number of fused-ring (bicyclic) bond motifs is 1. The van der Waals surface area contributed by atoms with Gasteiger partial charge in [0.05, 0.1) is 24.2 Å². The molecule has 27 heavy (non-hydrogen) atoms. The van der Waals surface area contributed by atoms with Gasteiger partial charge in [-0.25, -0.2) is 4.98 Å². The normalized spacial score (nSPS) is 21.0. The molecule has 7 heteroatoms. The van der Waals surface area contributed by atoms with E-state index in [0.29, 0.717) is 13.2 Å². The van der Waals surface area contributed by atoms with Crippen molar-refractivity contribution in [2.45, 2.75) is 31.9 Å². The van der Waals surface area contributed by atoms with E-state index in [4.69, 9.17) is 14.5 Å². The van der Waals surface area contributed by atoms with Gasteiger partial charge in [-0.1, -0.05) is 12.1 Å². The molecule has 0 aliphatic carbocycles. The number of nitrogens with zero attached hydrogens (tertiary/aromatic N) is 3. The predicted octanol–water partition coefficient (Wildman–Crippen LogP) is 1.21. The summed E-state index contributed by atoms with van der Waals surface area (Å²) in [5.41, 5.74) is 2.17. The lowest BCUT2D eigenvalue weighted by Crippen LogP contribution is -2.38. The van der Waals surface area contributed by atoms with Gasteiger partial charge in [0.1, 0.15) is 11.9 Å². The van der Waals surface area contributed by atoms with Gasteiger partial charge in [-0.3, -0.25) is 9.69 Å². The standard InChI is InChI=1S/C20H28N4O3/c25-20(18-6-3-13-27-18)21-8-7-19-22-16-4-1-2-5-17(16)24(19)10-9-23-11-14-26-15-12-23/h1-2,4-5,18H,3,6-15H2,(H,21,25). The van der Waals surface area contributed by atoms with Crippen LogP contribution in [0.2, 0.25) is 0 Å². The summed E-state index contributed by atoms with van der Waals surface area (Å²) in [5.74, 6) is 1.03. The minimum Gasteiger partial charge on any atom is -0.379 e. The summed E-state index contributed by atoms with van der Waals surface area (Å²) in [7, 11) is 0. The van der Waals surface area contributed by atoms with E-state index < -0.39 is 0 Å². The number of nitrogens with one attached hydrogen (secondary N) is 1. The van der Waals surface area contributed by atoms with E-state index in [-0.39, 0.29) is 12.0 Å². The fourth-order valence-electron chi connectivity index (χ4n) is 3.83. The molecule has 2 saturated heterocycles. The van der Waals surface area contributed by atoms with Gasteiger partial charge in [0.25, 0.3) is 0 Å². The van der Waals surface area contributed by atoms with E-state index in [9.17, 15) is 4.79 Å². The summed E-state index contributed by atoms with van der Waals surface area (Å²) < 4.78 is 13.2. The molecule has 0 bridgehead atoms. The number of hydrogen-bond acceptors (Lipinski definition) is 5. The maximum Gasteiger partial charge on any atom is 0.249 e. The molecule has 1 aromatic heterocycles. The van der Waals surface area contributed by atoms with Crippen molar-refractivity contribution in [2.24, 2.45) is 0 Å². The first-order valence-electron chi connectivity index (χ1n) is 9.95. The highest BCUT2D eigenvalue weighted by molar-refractivity contribution is 5.81. The first kappa shape index (κ1) is 18.4. The second-order valence-corrected chi connectivity index (χ2v) is 7.17. The third-order valence-corrected chi connectivity index (χ3v) is 5.35. The van der Waals surface area contributed by atoms with Crippen molar-refractivity contribution in [2.75, 3.05) is 46.0 Å². The Bertz CT molecular complexity index is 764. The van der Waals surface area contributed by atoms with Crippen LogP contribution >= 0.6 is 0 Å². The van der Waals surface area contributed by atoms with Gasteiger partial charge >= 0.3 is 0 Å². The maximum atomic E-state index is 12.1. The van der Waals surface area contributed by atoms with Crippen LogP contribution in [0.5, 0.6) is 0 Å². The molecular formula is C20H28N4O3. The van der Waals surface area contributed by atoms with Gasteiger partial charge in [0.2, 0.25) is 5.91 Å². The van der Waals surface area contributed by atoms with Gasteiger partial charge in [-0.2, -0.15) is 0 Å². The van der Waals surface area contributed by atoms with E-state index >= 15 is 0 Å². The first-order valence-corrected chi connectivity index (χ1v) is 9.95. The summed E-state index contributed by atoms with van der Waals surface area (Å²) in [6.45, 7) is 6.75. The van der Waals surface area contributed by atoms with Crippen LogP contribution < -0.4 is 5.32 Å². The van der Waals surface area contributed by atoms with E-state index in [0.717, 1.165) is 75.5 Å². The van der Waals surface area contributed by atoms with Crippen LogP contribution in [0.3, 0.4) is 0 Å². The Kier molecular flexibility index (Phi) is 6.01. The lowest BCUT2D eigenvalue weighted by atomic mass is 10.2. The minimum atomic E-state index is -0.273. The van der Waals surface area contributed by atoms with Crippen LogP contribution in [0.1, 0.15) is 18.7 Å². The Labute approximate surface area is 159 Å². The maximum absolute atomic E-state index is 12.1. The molecule has 2 aliphatic rings. The number of benzene rings is 1. The largest absolute Gasteiger partial charge is 0.379 e. The molecular weight excluding hydrogens is 344 g/mol. The third kappa shape index (κ3) is 4.48. The van der Waals surface area contributed by atoms with Crippen LogP contribution in [0.25, 0.3) is 11.0 Å². The lowest BCUT2D eigenvalue weighted by molar-refractivity contribution is -0.130. The number of rotatable bonds is 7. The fraction of sp³-hybridized carbons (Fsp3) is 0.600. The monoisotopic (exact) mass is 372 g/mol. The number of aromatic nitrogens is 2. The van der Waals surface area contributed by atoms with Crippen molar-refractivity contribution in [3.8, 4) is 0 Å². The molecule has 0 saturated carbocycles. The lowest BCUT2D eigenvalue weighted by Gasteiger charge is -2.27. The van der Waals surface area contributed by atoms with Crippen molar-refractivity contribution < 1.29 is 14.3 Å². The minimum absolute atomic E-state index is 0.00322. The van der Waals surface area contributed by atoms with Crippen LogP contribution in [-0.4, -0.2) is 72.5 Å². The summed E-state index contributed by atoms with van der Waals surface area (Å²) in [5, 5.41) is 3.01. The van der Waals surface area contributed by atoms with Crippen LogP contribution in [-0.2, 0) is 27.2 Å². The Balaban J connectivity index is 1.40. The number of morpholine rings is 1. The average Bonchev–Trinajstić information content (AvgIpc) is 3.35. The van der Waals surface area contributed by atoms with Gasteiger partial charge in [-0.15, -0.1) is 0 Å². The molecule has 3 heterocycles. The van der Waals surface area contributed by atoms with Crippen LogP contribution in [0.4, 0.5) is 0 Å². The van der Waals surface area contributed by atoms with E-state index in [1.807, 2.05) is 6.07 Å². The van der Waals surface area contributed by atoms with Gasteiger partial charge in [0, 0.05) is 45.8 Å². The zero-order valence-corrected chi connectivity index (χ0v) is 15.7. The Morgan fingerprint density at radius 2 is 2.04 bits per heavy atom. The SMILES string of the molecule is O=C(NCCc1nc2ccccc2n1CCN1CCOCC1)C1CCCO1. The van der Waals surface area contributed by atoms with Gasteiger partial charge in [-0.05, 0) is 25.0 Å². The topological polar surface area (TPSA) is 68.6 Å². The van der Waals surface area contributed by atoms with E-state index in [1.54, 1.807) is 0 Å². The molecule has 1 unspecified atom stereocenters. The van der Waals surface area contributed by atoms with Gasteiger partial charge in [0.15, 0.2) is 0 Å². The molecule has 7 nitrogen and oxygen atoms in total. The summed E-state index contributed by atoms with van der Waals surface area (Å²) in [6, 6.07) is 8.24. The molecule has 0 spiro atoms. The molecule has 1 aromatic carbocycles. The fourth-order valence-corrected chi connectivity index (χ4v) is 3.83. The summed E-state index contributed by atoms with van der Waals surface area (Å²) in [4.78, 5) is 19.4. The molecule has 1 atom stereocenters. The molecule has 1 amide bonds. The number of imidazole rings is 1. The molecule has 1 N–H and O–H groups in total. The highest BCUT2D eigenvalue weighted by Gasteiger charge is 2.23. The van der Waals surface area contributed by atoms with Crippen molar-refractivity contribution >= 4 is 16.9 Å². The van der Waals surface area contributed by atoms with E-state index in [2.05, 4.69) is 33.0 Å². The Morgan fingerprint density at radius 3 is 2.85 bits per heavy atom. The highest BCUT2D eigenvalue weighted by atomic mass is 16.5. The van der Waals surface area contributed by atoms with Crippen LogP contribution in [0, 0.1) is 0 Å². The highest BCUT2D eigenvalue weighted by Crippen LogP contribution is 2.17. The smallest absolute Gasteiger partial charge is 0.249 e. The van der Waals surface area contributed by atoms with E-state index in [1.165, 1.54) is 0 Å². The third-order valence-electron chi connectivity index (χ3n) is 5.35. The predicted molar refractivity (Wildman–Crippen MR) is 103 cm³/mol. The number of amides is 1. The number of carbonyl (C=O) groups excluding carboxylic acids is 1. The zero-order chi connectivity index (χ0) is 18.5. The summed E-state index contributed by atoms with van der Waals surface area (Å²) in [6.07, 6.45) is 2.24. The quantitative estimate of drug-likeness (QED) is 0.791.